The van der Waals surface area contributed by atoms with Crippen molar-refractivity contribution in [3.05, 3.63) is 63.6 Å². The van der Waals surface area contributed by atoms with Gasteiger partial charge in [-0.15, -0.1) is 0 Å². The Morgan fingerprint density at radius 2 is 2.00 bits per heavy atom. The second kappa shape index (κ2) is 9.05. The molecule has 0 aliphatic heterocycles. The smallest absolute Gasteiger partial charge is 0.259 e. The van der Waals surface area contributed by atoms with Gasteiger partial charge in [-0.1, -0.05) is 35.3 Å². The van der Waals surface area contributed by atoms with Crippen LogP contribution >= 0.6 is 23.2 Å². The van der Waals surface area contributed by atoms with E-state index < -0.39 is 11.8 Å². The zero-order valence-electron chi connectivity index (χ0n) is 13.3. The van der Waals surface area contributed by atoms with Crippen LogP contribution < -0.4 is 15.5 Å². The molecule has 130 valence electrons. The van der Waals surface area contributed by atoms with Crippen LogP contribution in [-0.4, -0.2) is 31.7 Å². The second-order valence-corrected chi connectivity index (χ2v) is 5.72. The summed E-state index contributed by atoms with van der Waals surface area (Å²) in [6.07, 6.45) is 1.39. The van der Waals surface area contributed by atoms with Gasteiger partial charge in [0.15, 0.2) is 0 Å². The monoisotopic (exact) mass is 379 g/mol. The molecular weight excluding hydrogens is 365 g/mol. The van der Waals surface area contributed by atoms with Crippen LogP contribution in [0.2, 0.25) is 10.0 Å². The number of nitrogens with one attached hydrogen (secondary N) is 2. The lowest BCUT2D eigenvalue weighted by Crippen LogP contribution is -2.34. The molecule has 0 aromatic heterocycles. The fourth-order valence-electron chi connectivity index (χ4n) is 1.85. The topological polar surface area (TPSA) is 79.8 Å². The van der Waals surface area contributed by atoms with Gasteiger partial charge in [0.1, 0.15) is 5.75 Å². The van der Waals surface area contributed by atoms with Crippen LogP contribution in [0.1, 0.15) is 15.9 Å². The Balaban J connectivity index is 1.83. The van der Waals surface area contributed by atoms with Gasteiger partial charge in [0.25, 0.3) is 11.8 Å². The lowest BCUT2D eigenvalue weighted by Gasteiger charge is -2.06. The van der Waals surface area contributed by atoms with Gasteiger partial charge >= 0.3 is 0 Å². The third kappa shape index (κ3) is 5.77. The number of amides is 2. The number of methoxy groups -OCH3 is 1. The van der Waals surface area contributed by atoms with E-state index in [1.807, 2.05) is 0 Å². The predicted molar refractivity (Wildman–Crippen MR) is 97.5 cm³/mol. The molecule has 0 aliphatic rings. The molecule has 0 heterocycles. The maximum Gasteiger partial charge on any atom is 0.259 e. The largest absolute Gasteiger partial charge is 0.497 e. The molecular formula is C17H15Cl2N3O3. The summed E-state index contributed by atoms with van der Waals surface area (Å²) >= 11 is 11.8. The predicted octanol–water partition coefficient (Wildman–Crippen LogP) is 2.88. The standard InChI is InChI=1S/C17H15Cl2N3O3/c1-25-14-4-2-3-11(7-14)17(24)20-10-16(23)22-21-9-12-5-6-13(18)8-15(12)19/h2-9H,10H2,1H3,(H,20,24)(H,22,23)/b21-9-. The van der Waals surface area contributed by atoms with Crippen LogP contribution in [0.4, 0.5) is 0 Å². The third-order valence-corrected chi connectivity index (χ3v) is 3.66. The van der Waals surface area contributed by atoms with E-state index in [4.69, 9.17) is 27.9 Å². The fourth-order valence-corrected chi connectivity index (χ4v) is 2.30. The molecule has 0 bridgehead atoms. The van der Waals surface area contributed by atoms with E-state index in [2.05, 4.69) is 15.8 Å². The van der Waals surface area contributed by atoms with Crippen LogP contribution in [0.25, 0.3) is 0 Å². The summed E-state index contributed by atoms with van der Waals surface area (Å²) in [5, 5.41) is 7.20. The number of hydrazone groups is 1. The molecule has 0 spiro atoms. The van der Waals surface area contributed by atoms with E-state index in [9.17, 15) is 9.59 Å². The zero-order valence-corrected chi connectivity index (χ0v) is 14.8. The maximum atomic E-state index is 12.0. The highest BCUT2D eigenvalue weighted by molar-refractivity contribution is 6.36. The highest BCUT2D eigenvalue weighted by Crippen LogP contribution is 2.19. The second-order valence-electron chi connectivity index (χ2n) is 4.87. The van der Waals surface area contributed by atoms with E-state index in [1.54, 1.807) is 42.5 Å². The van der Waals surface area contributed by atoms with Crippen molar-refractivity contribution in [2.45, 2.75) is 0 Å². The van der Waals surface area contributed by atoms with Gasteiger partial charge < -0.3 is 10.1 Å². The Hall–Kier alpha value is -2.57. The molecule has 2 rings (SSSR count). The van der Waals surface area contributed by atoms with Crippen molar-refractivity contribution in [2.75, 3.05) is 13.7 Å². The number of ether oxygens (including phenoxy) is 1. The van der Waals surface area contributed by atoms with E-state index in [-0.39, 0.29) is 6.54 Å². The molecule has 0 radical (unpaired) electrons. The van der Waals surface area contributed by atoms with E-state index in [0.717, 1.165) is 0 Å². The first kappa shape index (κ1) is 18.8. The number of benzene rings is 2. The Bertz CT molecular complexity index is 809. The average molecular weight is 380 g/mol. The van der Waals surface area contributed by atoms with Gasteiger partial charge in [-0.2, -0.15) is 5.10 Å². The number of carbonyl (C=O) groups excluding carboxylic acids is 2. The number of rotatable bonds is 6. The lowest BCUT2D eigenvalue weighted by molar-refractivity contribution is -0.120. The molecule has 8 heteroatoms. The summed E-state index contributed by atoms with van der Waals surface area (Å²) < 4.78 is 5.05. The van der Waals surface area contributed by atoms with Gasteiger partial charge in [0, 0.05) is 16.1 Å². The van der Waals surface area contributed by atoms with Crippen molar-refractivity contribution in [3.8, 4) is 5.75 Å². The highest BCUT2D eigenvalue weighted by atomic mass is 35.5. The molecule has 0 atom stereocenters. The summed E-state index contributed by atoms with van der Waals surface area (Å²) in [5.74, 6) is -0.307. The molecule has 0 saturated carbocycles. The minimum Gasteiger partial charge on any atom is -0.497 e. The first-order valence-electron chi connectivity index (χ1n) is 7.19. The quantitative estimate of drug-likeness (QED) is 0.598. The minimum absolute atomic E-state index is 0.221. The Morgan fingerprint density at radius 1 is 1.20 bits per heavy atom. The van der Waals surface area contributed by atoms with E-state index in [0.29, 0.717) is 26.9 Å². The number of hydrogen-bond acceptors (Lipinski definition) is 4. The summed E-state index contributed by atoms with van der Waals surface area (Å²) in [6.45, 7) is -0.221. The van der Waals surface area contributed by atoms with Crippen LogP contribution in [0, 0.1) is 0 Å². The number of hydrogen-bond donors (Lipinski definition) is 2. The van der Waals surface area contributed by atoms with Crippen molar-refractivity contribution >= 4 is 41.2 Å². The van der Waals surface area contributed by atoms with E-state index >= 15 is 0 Å². The van der Waals surface area contributed by atoms with Gasteiger partial charge in [-0.05, 0) is 30.3 Å². The lowest BCUT2D eigenvalue weighted by atomic mass is 10.2. The fraction of sp³-hybridized carbons (Fsp3) is 0.118. The Kier molecular flexibility index (Phi) is 6.80. The Morgan fingerprint density at radius 3 is 2.72 bits per heavy atom. The summed E-state index contributed by atoms with van der Waals surface area (Å²) in [4.78, 5) is 23.7. The van der Waals surface area contributed by atoms with Crippen molar-refractivity contribution < 1.29 is 14.3 Å². The number of nitrogens with zero attached hydrogens (tertiary/aromatic N) is 1. The molecule has 0 unspecified atom stereocenters. The van der Waals surface area contributed by atoms with Crippen molar-refractivity contribution in [1.82, 2.24) is 10.7 Å². The first-order valence-corrected chi connectivity index (χ1v) is 7.94. The summed E-state index contributed by atoms with van der Waals surface area (Å²) in [5.41, 5.74) is 3.30. The first-order chi connectivity index (χ1) is 12.0. The molecule has 6 nitrogen and oxygen atoms in total. The van der Waals surface area contributed by atoms with Crippen molar-refractivity contribution in [2.24, 2.45) is 5.10 Å². The van der Waals surface area contributed by atoms with Crippen LogP contribution in [-0.2, 0) is 4.79 Å². The van der Waals surface area contributed by atoms with Crippen molar-refractivity contribution in [3.63, 3.8) is 0 Å². The van der Waals surface area contributed by atoms with Crippen LogP contribution in [0.3, 0.4) is 0 Å². The third-order valence-electron chi connectivity index (χ3n) is 3.10. The molecule has 2 aromatic carbocycles. The maximum absolute atomic E-state index is 12.0. The minimum atomic E-state index is -0.474. The summed E-state index contributed by atoms with van der Waals surface area (Å²) in [7, 11) is 1.51. The zero-order chi connectivity index (χ0) is 18.2. The Labute approximate surface area is 154 Å². The summed E-state index contributed by atoms with van der Waals surface area (Å²) in [6, 6.07) is 11.5. The number of halogens is 2. The van der Waals surface area contributed by atoms with Gasteiger partial charge in [0.05, 0.1) is 24.9 Å². The SMILES string of the molecule is COc1cccc(C(=O)NCC(=O)N/N=C\c2ccc(Cl)cc2Cl)c1. The number of carbonyl (C=O) groups is 2. The van der Waals surface area contributed by atoms with Crippen molar-refractivity contribution in [1.29, 1.82) is 0 Å². The van der Waals surface area contributed by atoms with Crippen LogP contribution in [0.15, 0.2) is 47.6 Å². The average Bonchev–Trinajstić information content (AvgIpc) is 2.61. The molecule has 0 aliphatic carbocycles. The molecule has 2 aromatic rings. The van der Waals surface area contributed by atoms with Crippen LogP contribution in [0.5, 0.6) is 5.75 Å². The normalized spacial score (nSPS) is 10.5. The molecule has 0 fully saturated rings. The van der Waals surface area contributed by atoms with Gasteiger partial charge in [0.2, 0.25) is 0 Å². The molecule has 25 heavy (non-hydrogen) atoms. The molecule has 0 saturated heterocycles. The highest BCUT2D eigenvalue weighted by Gasteiger charge is 2.08. The molecule has 2 amide bonds. The molecule has 2 N–H and O–H groups in total. The van der Waals surface area contributed by atoms with Gasteiger partial charge in [-0.3, -0.25) is 9.59 Å². The van der Waals surface area contributed by atoms with E-state index in [1.165, 1.54) is 13.3 Å². The van der Waals surface area contributed by atoms with Gasteiger partial charge in [-0.25, -0.2) is 5.43 Å².